The summed E-state index contributed by atoms with van der Waals surface area (Å²) in [5.41, 5.74) is 2.33. The van der Waals surface area contributed by atoms with Crippen molar-refractivity contribution in [1.82, 2.24) is 9.47 Å². The maximum absolute atomic E-state index is 12.9. The molecule has 0 radical (unpaired) electrons. The number of rotatable bonds is 6. The fourth-order valence-corrected chi connectivity index (χ4v) is 3.07. The van der Waals surface area contributed by atoms with Crippen LogP contribution in [0.15, 0.2) is 48.7 Å². The van der Waals surface area contributed by atoms with Gasteiger partial charge in [0.05, 0.1) is 12.7 Å². The second-order valence-electron chi connectivity index (χ2n) is 6.20. The van der Waals surface area contributed by atoms with E-state index in [4.69, 9.17) is 4.74 Å². The molecule has 1 amide bonds. The Bertz CT molecular complexity index is 969. The van der Waals surface area contributed by atoms with Gasteiger partial charge < -0.3 is 18.9 Å². The van der Waals surface area contributed by atoms with E-state index in [1.54, 1.807) is 24.1 Å². The van der Waals surface area contributed by atoms with Crippen LogP contribution in [0.1, 0.15) is 15.9 Å². The second-order valence-corrected chi connectivity index (χ2v) is 6.20. The smallest absolute Gasteiger partial charge is 0.387 e. The average molecular weight is 374 g/mol. The molecule has 0 saturated heterocycles. The first kappa shape index (κ1) is 18.7. The van der Waals surface area contributed by atoms with Crippen molar-refractivity contribution < 1.29 is 23.0 Å². The SMILES string of the molecule is COc1cc(CN(C)C(=O)c2cn(C)c3ccccc23)ccc1OC(F)F. The Kier molecular flexibility index (Phi) is 5.30. The predicted octanol–water partition coefficient (Wildman–Crippen LogP) is 4.06. The van der Waals surface area contributed by atoms with Crippen LogP contribution in [0.5, 0.6) is 11.5 Å². The van der Waals surface area contributed by atoms with Gasteiger partial charge in [0, 0.05) is 37.7 Å². The van der Waals surface area contributed by atoms with E-state index < -0.39 is 6.61 Å². The zero-order chi connectivity index (χ0) is 19.6. The normalized spacial score (nSPS) is 11.0. The molecule has 0 aliphatic heterocycles. The molecular formula is C20H20F2N2O3. The van der Waals surface area contributed by atoms with E-state index in [9.17, 15) is 13.6 Å². The van der Waals surface area contributed by atoms with Gasteiger partial charge in [0.1, 0.15) is 0 Å². The van der Waals surface area contributed by atoms with Crippen LogP contribution in [-0.4, -0.2) is 36.1 Å². The molecule has 0 saturated carbocycles. The molecule has 0 atom stereocenters. The van der Waals surface area contributed by atoms with Gasteiger partial charge in [-0.25, -0.2) is 0 Å². The number of ether oxygens (including phenoxy) is 2. The van der Waals surface area contributed by atoms with E-state index in [-0.39, 0.29) is 17.4 Å². The topological polar surface area (TPSA) is 43.7 Å². The van der Waals surface area contributed by atoms with Crippen molar-refractivity contribution in [2.24, 2.45) is 7.05 Å². The number of alkyl halides is 2. The third-order valence-corrected chi connectivity index (χ3v) is 4.34. The number of nitrogens with zero attached hydrogens (tertiary/aromatic N) is 2. The molecule has 0 fully saturated rings. The summed E-state index contributed by atoms with van der Waals surface area (Å²) in [7, 11) is 4.97. The van der Waals surface area contributed by atoms with E-state index >= 15 is 0 Å². The van der Waals surface area contributed by atoms with Gasteiger partial charge in [-0.2, -0.15) is 8.78 Å². The first-order chi connectivity index (χ1) is 12.9. The molecule has 7 heteroatoms. The number of para-hydroxylation sites is 1. The van der Waals surface area contributed by atoms with Crippen molar-refractivity contribution in [2.75, 3.05) is 14.2 Å². The monoisotopic (exact) mass is 374 g/mol. The summed E-state index contributed by atoms with van der Waals surface area (Å²) >= 11 is 0. The van der Waals surface area contributed by atoms with Gasteiger partial charge in [-0.1, -0.05) is 24.3 Å². The average Bonchev–Trinajstić information content (AvgIpc) is 2.99. The minimum Gasteiger partial charge on any atom is -0.493 e. The third kappa shape index (κ3) is 3.86. The molecule has 0 N–H and O–H groups in total. The number of amides is 1. The lowest BCUT2D eigenvalue weighted by Crippen LogP contribution is -2.26. The van der Waals surface area contributed by atoms with Crippen LogP contribution < -0.4 is 9.47 Å². The molecule has 2 aromatic carbocycles. The number of hydrogen-bond acceptors (Lipinski definition) is 3. The van der Waals surface area contributed by atoms with Crippen LogP contribution in [0.25, 0.3) is 10.9 Å². The number of fused-ring (bicyclic) bond motifs is 1. The van der Waals surface area contributed by atoms with Crippen LogP contribution >= 0.6 is 0 Å². The number of aryl methyl sites for hydroxylation is 1. The molecule has 1 aromatic heterocycles. The number of halogens is 2. The van der Waals surface area contributed by atoms with Crippen molar-refractivity contribution in [3.8, 4) is 11.5 Å². The first-order valence-electron chi connectivity index (χ1n) is 8.32. The Hall–Kier alpha value is -3.09. The summed E-state index contributed by atoms with van der Waals surface area (Å²) in [6, 6.07) is 12.3. The summed E-state index contributed by atoms with van der Waals surface area (Å²) in [6.45, 7) is -2.63. The molecule has 142 valence electrons. The highest BCUT2D eigenvalue weighted by molar-refractivity contribution is 6.06. The number of benzene rings is 2. The highest BCUT2D eigenvalue weighted by Gasteiger charge is 2.18. The maximum Gasteiger partial charge on any atom is 0.387 e. The Labute approximate surface area is 155 Å². The van der Waals surface area contributed by atoms with E-state index in [1.807, 2.05) is 42.1 Å². The molecule has 3 rings (SSSR count). The second kappa shape index (κ2) is 7.65. The van der Waals surface area contributed by atoms with Crippen LogP contribution in [0.3, 0.4) is 0 Å². The molecule has 5 nitrogen and oxygen atoms in total. The fraction of sp³-hybridized carbons (Fsp3) is 0.250. The van der Waals surface area contributed by atoms with Crippen LogP contribution in [0, 0.1) is 0 Å². The zero-order valence-electron chi connectivity index (χ0n) is 15.3. The number of hydrogen-bond donors (Lipinski definition) is 0. The standard InChI is InChI=1S/C20H20F2N2O3/c1-23-12-15(14-6-4-5-7-16(14)23)19(25)24(2)11-13-8-9-17(27-20(21)22)18(10-13)26-3/h4-10,12,20H,11H2,1-3H3. The lowest BCUT2D eigenvalue weighted by molar-refractivity contribution is -0.0512. The minimum atomic E-state index is -2.93. The first-order valence-corrected chi connectivity index (χ1v) is 8.32. The molecule has 0 spiro atoms. The summed E-state index contributed by atoms with van der Waals surface area (Å²) in [5, 5.41) is 0.884. The van der Waals surface area contributed by atoms with Gasteiger partial charge in [-0.3, -0.25) is 4.79 Å². The molecular weight excluding hydrogens is 354 g/mol. The Morgan fingerprint density at radius 1 is 1.19 bits per heavy atom. The quantitative estimate of drug-likeness (QED) is 0.654. The van der Waals surface area contributed by atoms with Gasteiger partial charge >= 0.3 is 6.61 Å². The van der Waals surface area contributed by atoms with Gasteiger partial charge in [0.25, 0.3) is 5.91 Å². The summed E-state index contributed by atoms with van der Waals surface area (Å²) in [4.78, 5) is 14.5. The fourth-order valence-electron chi connectivity index (χ4n) is 3.07. The summed E-state index contributed by atoms with van der Waals surface area (Å²) in [5.74, 6) is 0.0248. The number of methoxy groups -OCH3 is 1. The lowest BCUT2D eigenvalue weighted by Gasteiger charge is -2.18. The van der Waals surface area contributed by atoms with Crippen LogP contribution in [0.4, 0.5) is 8.78 Å². The third-order valence-electron chi connectivity index (χ3n) is 4.34. The van der Waals surface area contributed by atoms with Crippen molar-refractivity contribution >= 4 is 16.8 Å². The molecule has 0 aliphatic carbocycles. The minimum absolute atomic E-state index is 0.0423. The highest BCUT2D eigenvalue weighted by Crippen LogP contribution is 2.30. The van der Waals surface area contributed by atoms with Crippen molar-refractivity contribution in [3.05, 3.63) is 59.8 Å². The van der Waals surface area contributed by atoms with Gasteiger partial charge in [-0.05, 0) is 23.8 Å². The van der Waals surface area contributed by atoms with Crippen LogP contribution in [-0.2, 0) is 13.6 Å². The predicted molar refractivity (Wildman–Crippen MR) is 98.3 cm³/mol. The Morgan fingerprint density at radius 2 is 1.93 bits per heavy atom. The van der Waals surface area contributed by atoms with Gasteiger partial charge in [-0.15, -0.1) is 0 Å². The maximum atomic E-state index is 12.9. The zero-order valence-corrected chi connectivity index (χ0v) is 15.3. The number of carbonyl (C=O) groups is 1. The van der Waals surface area contributed by atoms with E-state index in [0.717, 1.165) is 16.5 Å². The van der Waals surface area contributed by atoms with E-state index in [0.29, 0.717) is 12.1 Å². The number of carbonyl (C=O) groups excluding carboxylic acids is 1. The Balaban J connectivity index is 1.82. The van der Waals surface area contributed by atoms with Crippen molar-refractivity contribution in [1.29, 1.82) is 0 Å². The summed E-state index contributed by atoms with van der Waals surface area (Å²) in [6.07, 6.45) is 1.81. The van der Waals surface area contributed by atoms with E-state index in [2.05, 4.69) is 4.74 Å². The van der Waals surface area contributed by atoms with Crippen molar-refractivity contribution in [3.63, 3.8) is 0 Å². The summed E-state index contributed by atoms with van der Waals surface area (Å²) < 4.78 is 36.3. The molecule has 27 heavy (non-hydrogen) atoms. The molecule has 0 unspecified atom stereocenters. The molecule has 3 aromatic rings. The van der Waals surface area contributed by atoms with Gasteiger partial charge in [0.2, 0.25) is 0 Å². The Morgan fingerprint density at radius 3 is 2.63 bits per heavy atom. The molecule has 1 heterocycles. The number of aromatic nitrogens is 1. The lowest BCUT2D eigenvalue weighted by atomic mass is 10.1. The van der Waals surface area contributed by atoms with Crippen LogP contribution in [0.2, 0.25) is 0 Å². The molecule has 0 aliphatic rings. The van der Waals surface area contributed by atoms with Gasteiger partial charge in [0.15, 0.2) is 11.5 Å². The van der Waals surface area contributed by atoms with E-state index in [1.165, 1.54) is 13.2 Å². The molecule has 0 bridgehead atoms. The van der Waals surface area contributed by atoms with Crippen molar-refractivity contribution in [2.45, 2.75) is 13.2 Å². The highest BCUT2D eigenvalue weighted by atomic mass is 19.3. The largest absolute Gasteiger partial charge is 0.493 e.